The second-order valence-electron chi connectivity index (χ2n) is 4.57. The molecule has 1 saturated heterocycles. The minimum Gasteiger partial charge on any atom is -0.492 e. The Bertz CT molecular complexity index is 397. The van der Waals surface area contributed by atoms with Crippen LogP contribution >= 0.6 is 0 Å². The van der Waals surface area contributed by atoms with E-state index >= 15 is 0 Å². The Hall–Kier alpha value is -1.75. The molecule has 1 aromatic carbocycles. The van der Waals surface area contributed by atoms with E-state index in [1.807, 2.05) is 37.4 Å². The highest BCUT2D eigenvalue weighted by molar-refractivity contribution is 5.69. The molecule has 0 bridgehead atoms. The van der Waals surface area contributed by atoms with Gasteiger partial charge in [0.05, 0.1) is 6.54 Å². The molecule has 104 valence electrons. The molecule has 0 saturated carbocycles. The van der Waals surface area contributed by atoms with Crippen LogP contribution in [-0.4, -0.2) is 62.3 Å². The zero-order valence-electron chi connectivity index (χ0n) is 11.2. The van der Waals surface area contributed by atoms with Gasteiger partial charge in [-0.25, -0.2) is 4.79 Å². The lowest BCUT2D eigenvalue weighted by molar-refractivity contribution is 0.154. The maximum Gasteiger partial charge on any atom is 0.409 e. The molecule has 0 atom stereocenters. The molecule has 1 heterocycles. The van der Waals surface area contributed by atoms with Crippen LogP contribution in [0.4, 0.5) is 4.79 Å². The van der Waals surface area contributed by atoms with E-state index in [4.69, 9.17) is 9.47 Å². The number of hydrogen-bond acceptors (Lipinski definition) is 4. The van der Waals surface area contributed by atoms with Gasteiger partial charge in [0.1, 0.15) is 19.0 Å². The van der Waals surface area contributed by atoms with Crippen molar-refractivity contribution in [2.45, 2.75) is 0 Å². The first-order valence-corrected chi connectivity index (χ1v) is 6.54. The molecule has 1 aliphatic rings. The molecule has 0 aliphatic carbocycles. The summed E-state index contributed by atoms with van der Waals surface area (Å²) in [5, 5.41) is 0. The van der Waals surface area contributed by atoms with Gasteiger partial charge in [0.25, 0.3) is 0 Å². The monoisotopic (exact) mass is 264 g/mol. The van der Waals surface area contributed by atoms with Gasteiger partial charge >= 0.3 is 6.09 Å². The highest BCUT2D eigenvalue weighted by atomic mass is 16.6. The molecule has 5 heteroatoms. The molecule has 5 nitrogen and oxygen atoms in total. The summed E-state index contributed by atoms with van der Waals surface area (Å²) in [6.07, 6.45) is -0.200. The zero-order valence-corrected chi connectivity index (χ0v) is 11.2. The van der Waals surface area contributed by atoms with Crippen molar-refractivity contribution < 1.29 is 14.3 Å². The molecule has 0 N–H and O–H groups in total. The maximum atomic E-state index is 11.2. The fourth-order valence-corrected chi connectivity index (χ4v) is 1.87. The third kappa shape index (κ3) is 4.44. The summed E-state index contributed by atoms with van der Waals surface area (Å²) in [6, 6.07) is 9.77. The smallest absolute Gasteiger partial charge is 0.409 e. The van der Waals surface area contributed by atoms with Crippen LogP contribution in [0.15, 0.2) is 30.3 Å². The third-order valence-electron chi connectivity index (χ3n) is 3.08. The van der Waals surface area contributed by atoms with Gasteiger partial charge in [-0.15, -0.1) is 0 Å². The van der Waals surface area contributed by atoms with Gasteiger partial charge in [0.15, 0.2) is 0 Å². The molecule has 1 amide bonds. The molecule has 2 rings (SSSR count). The number of nitrogens with zero attached hydrogens (tertiary/aromatic N) is 2. The number of para-hydroxylation sites is 1. The number of carbonyl (C=O) groups excluding carboxylic acids is 1. The first-order chi connectivity index (χ1) is 9.25. The standard InChI is InChI=1S/C14H20N2O3/c1-15(7-8-16-10-12-19-14(16)17)9-11-18-13-5-3-2-4-6-13/h2-6H,7-12H2,1H3. The fraction of sp³-hybridized carbons (Fsp3) is 0.500. The van der Waals surface area contributed by atoms with Gasteiger partial charge in [-0.1, -0.05) is 18.2 Å². The van der Waals surface area contributed by atoms with Crippen molar-refractivity contribution in [1.29, 1.82) is 0 Å². The number of cyclic esters (lactones) is 1. The van der Waals surface area contributed by atoms with Crippen LogP contribution in [0.3, 0.4) is 0 Å². The highest BCUT2D eigenvalue weighted by Crippen LogP contribution is 2.08. The first kappa shape index (κ1) is 13.7. The minimum absolute atomic E-state index is 0.200. The van der Waals surface area contributed by atoms with Gasteiger partial charge in [0.2, 0.25) is 0 Å². The number of amides is 1. The molecule has 0 radical (unpaired) electrons. The SMILES string of the molecule is CN(CCOc1ccccc1)CCN1CCOC1=O. The Kier molecular flexibility index (Phi) is 5.03. The molecule has 1 fully saturated rings. The molecule has 19 heavy (non-hydrogen) atoms. The van der Waals surface area contributed by atoms with Crippen molar-refractivity contribution in [2.75, 3.05) is 46.4 Å². The summed E-state index contributed by atoms with van der Waals surface area (Å²) in [6.45, 7) is 4.23. The summed E-state index contributed by atoms with van der Waals surface area (Å²) < 4.78 is 10.5. The van der Waals surface area contributed by atoms with E-state index in [0.717, 1.165) is 18.8 Å². The van der Waals surface area contributed by atoms with Crippen LogP contribution in [0.2, 0.25) is 0 Å². The number of rotatable bonds is 7. The number of carbonyl (C=O) groups is 1. The number of benzene rings is 1. The van der Waals surface area contributed by atoms with Gasteiger partial charge in [-0.2, -0.15) is 0 Å². The van der Waals surface area contributed by atoms with Crippen LogP contribution in [0.25, 0.3) is 0 Å². The maximum absolute atomic E-state index is 11.2. The van der Waals surface area contributed by atoms with Crippen LogP contribution < -0.4 is 4.74 Å². The van der Waals surface area contributed by atoms with Gasteiger partial charge in [-0.05, 0) is 19.2 Å². The van der Waals surface area contributed by atoms with E-state index in [-0.39, 0.29) is 6.09 Å². The number of hydrogen-bond donors (Lipinski definition) is 0. The van der Waals surface area contributed by atoms with E-state index < -0.39 is 0 Å². The average Bonchev–Trinajstić information content (AvgIpc) is 2.83. The number of likely N-dealkylation sites (N-methyl/N-ethyl adjacent to an activating group) is 1. The third-order valence-corrected chi connectivity index (χ3v) is 3.08. The Labute approximate surface area is 113 Å². The van der Waals surface area contributed by atoms with Crippen molar-refractivity contribution in [1.82, 2.24) is 9.80 Å². The normalized spacial score (nSPS) is 14.8. The molecule has 0 aromatic heterocycles. The minimum atomic E-state index is -0.200. The zero-order chi connectivity index (χ0) is 13.5. The molecule has 0 spiro atoms. The van der Waals surface area contributed by atoms with Crippen LogP contribution in [0.5, 0.6) is 5.75 Å². The summed E-state index contributed by atoms with van der Waals surface area (Å²) >= 11 is 0. The summed E-state index contributed by atoms with van der Waals surface area (Å²) in [4.78, 5) is 15.1. The average molecular weight is 264 g/mol. The van der Waals surface area contributed by atoms with Crippen molar-refractivity contribution in [3.63, 3.8) is 0 Å². The molecular formula is C14H20N2O3. The number of ether oxygens (including phenoxy) is 2. The largest absolute Gasteiger partial charge is 0.492 e. The van der Waals surface area contributed by atoms with Gasteiger partial charge in [-0.3, -0.25) is 0 Å². The second kappa shape index (κ2) is 6.99. The topological polar surface area (TPSA) is 42.0 Å². The Morgan fingerprint density at radius 1 is 1.32 bits per heavy atom. The summed E-state index contributed by atoms with van der Waals surface area (Å²) in [5.74, 6) is 0.888. The van der Waals surface area contributed by atoms with E-state index in [9.17, 15) is 4.79 Å². The van der Waals surface area contributed by atoms with E-state index in [1.54, 1.807) is 4.90 Å². The Morgan fingerprint density at radius 2 is 2.11 bits per heavy atom. The lowest BCUT2D eigenvalue weighted by Gasteiger charge is -2.20. The molecule has 1 aromatic rings. The summed E-state index contributed by atoms with van der Waals surface area (Å²) in [7, 11) is 2.02. The van der Waals surface area contributed by atoms with Crippen LogP contribution in [-0.2, 0) is 4.74 Å². The Balaban J connectivity index is 1.59. The summed E-state index contributed by atoms with van der Waals surface area (Å²) in [5.41, 5.74) is 0. The van der Waals surface area contributed by atoms with Crippen molar-refractivity contribution in [2.24, 2.45) is 0 Å². The Morgan fingerprint density at radius 3 is 2.79 bits per heavy atom. The predicted molar refractivity (Wildman–Crippen MR) is 72.4 cm³/mol. The van der Waals surface area contributed by atoms with Gasteiger partial charge in [0, 0.05) is 19.6 Å². The van der Waals surface area contributed by atoms with E-state index in [1.165, 1.54) is 0 Å². The molecule has 0 unspecified atom stereocenters. The first-order valence-electron chi connectivity index (χ1n) is 6.54. The molecule has 1 aliphatic heterocycles. The van der Waals surface area contributed by atoms with Crippen molar-refractivity contribution in [3.8, 4) is 5.75 Å². The molecular weight excluding hydrogens is 244 g/mol. The quantitative estimate of drug-likeness (QED) is 0.747. The van der Waals surface area contributed by atoms with Gasteiger partial charge < -0.3 is 19.3 Å². The fourth-order valence-electron chi connectivity index (χ4n) is 1.87. The van der Waals surface area contributed by atoms with Crippen LogP contribution in [0, 0.1) is 0 Å². The van der Waals surface area contributed by atoms with E-state index in [0.29, 0.717) is 26.3 Å². The van der Waals surface area contributed by atoms with Crippen molar-refractivity contribution in [3.05, 3.63) is 30.3 Å². The van der Waals surface area contributed by atoms with Crippen molar-refractivity contribution >= 4 is 6.09 Å². The van der Waals surface area contributed by atoms with E-state index in [2.05, 4.69) is 4.90 Å². The lowest BCUT2D eigenvalue weighted by Crippen LogP contribution is -2.35. The highest BCUT2D eigenvalue weighted by Gasteiger charge is 2.21. The predicted octanol–water partition coefficient (Wildman–Crippen LogP) is 1.45. The lowest BCUT2D eigenvalue weighted by atomic mass is 10.3. The van der Waals surface area contributed by atoms with Crippen LogP contribution in [0.1, 0.15) is 0 Å². The second-order valence-corrected chi connectivity index (χ2v) is 4.57.